The molecule has 2 N–H and O–H groups in total. The number of hydrogen-bond acceptors (Lipinski definition) is 1. The fourth-order valence-corrected chi connectivity index (χ4v) is 0.572. The second-order valence-electron chi connectivity index (χ2n) is 1.95. The SMILES string of the molecule is CC.C\C=C/C=C\C(=C/C)CN. The Morgan fingerprint density at radius 3 is 2.08 bits per heavy atom. The van der Waals surface area contributed by atoms with Crippen LogP contribution in [-0.2, 0) is 0 Å². The van der Waals surface area contributed by atoms with Crippen LogP contribution < -0.4 is 5.73 Å². The summed E-state index contributed by atoms with van der Waals surface area (Å²) in [7, 11) is 0. The molecule has 70 valence electrons. The monoisotopic (exact) mass is 167 g/mol. The van der Waals surface area contributed by atoms with Crippen LogP contribution >= 0.6 is 0 Å². The first-order valence-corrected chi connectivity index (χ1v) is 4.49. The molecular weight excluding hydrogens is 146 g/mol. The molecule has 1 nitrogen and oxygen atoms in total. The predicted molar refractivity (Wildman–Crippen MR) is 58.1 cm³/mol. The normalized spacial score (nSPS) is 11.9. The van der Waals surface area contributed by atoms with Gasteiger partial charge in [-0.15, -0.1) is 0 Å². The molecule has 0 aromatic rings. The Hall–Kier alpha value is -0.820. The van der Waals surface area contributed by atoms with E-state index in [1.807, 2.05) is 58.1 Å². The predicted octanol–water partition coefficient (Wildman–Crippen LogP) is 3.05. The third-order valence-corrected chi connectivity index (χ3v) is 1.22. The van der Waals surface area contributed by atoms with Gasteiger partial charge in [0.15, 0.2) is 0 Å². The van der Waals surface area contributed by atoms with Crippen LogP contribution in [0.15, 0.2) is 36.0 Å². The smallest absolute Gasteiger partial charge is 0.0174 e. The zero-order chi connectivity index (χ0) is 9.82. The lowest BCUT2D eigenvalue weighted by Crippen LogP contribution is -1.99. The van der Waals surface area contributed by atoms with Crippen molar-refractivity contribution in [3.8, 4) is 0 Å². The van der Waals surface area contributed by atoms with Gasteiger partial charge in [0.2, 0.25) is 0 Å². The molecule has 0 aromatic heterocycles. The first kappa shape index (κ1) is 13.7. The summed E-state index contributed by atoms with van der Waals surface area (Å²) in [6.07, 6.45) is 9.99. The molecule has 0 saturated carbocycles. The molecule has 0 unspecified atom stereocenters. The van der Waals surface area contributed by atoms with E-state index in [1.54, 1.807) is 0 Å². The number of allylic oxidation sites excluding steroid dienone is 4. The van der Waals surface area contributed by atoms with Crippen molar-refractivity contribution in [3.63, 3.8) is 0 Å². The highest BCUT2D eigenvalue weighted by molar-refractivity contribution is 5.22. The van der Waals surface area contributed by atoms with Crippen LogP contribution in [-0.4, -0.2) is 6.54 Å². The van der Waals surface area contributed by atoms with Crippen molar-refractivity contribution in [1.29, 1.82) is 0 Å². The van der Waals surface area contributed by atoms with Crippen LogP contribution in [0.5, 0.6) is 0 Å². The van der Waals surface area contributed by atoms with Crippen LogP contribution in [0, 0.1) is 0 Å². The van der Waals surface area contributed by atoms with Gasteiger partial charge in [0.1, 0.15) is 0 Å². The standard InChI is InChI=1S/C9H15N.C2H6/c1-3-5-6-7-9(4-2)8-10;1-2/h3-7H,8,10H2,1-2H3;1-2H3/b5-3-,7-6-,9-4+;. The van der Waals surface area contributed by atoms with Crippen LogP contribution in [0.25, 0.3) is 0 Å². The molecular formula is C11H21N. The summed E-state index contributed by atoms with van der Waals surface area (Å²) in [4.78, 5) is 0. The first-order valence-electron chi connectivity index (χ1n) is 4.49. The van der Waals surface area contributed by atoms with Crippen molar-refractivity contribution in [2.24, 2.45) is 5.73 Å². The van der Waals surface area contributed by atoms with Crippen molar-refractivity contribution in [2.45, 2.75) is 27.7 Å². The molecule has 0 bridgehead atoms. The van der Waals surface area contributed by atoms with Gasteiger partial charge in [-0.05, 0) is 19.4 Å². The molecule has 0 rings (SSSR count). The molecule has 0 saturated heterocycles. The van der Waals surface area contributed by atoms with Gasteiger partial charge in [-0.2, -0.15) is 0 Å². The van der Waals surface area contributed by atoms with Crippen molar-refractivity contribution < 1.29 is 0 Å². The molecule has 0 aliphatic heterocycles. The zero-order valence-corrected chi connectivity index (χ0v) is 8.67. The molecule has 0 aliphatic rings. The van der Waals surface area contributed by atoms with E-state index in [0.29, 0.717) is 6.54 Å². The summed E-state index contributed by atoms with van der Waals surface area (Å²) in [6, 6.07) is 0. The summed E-state index contributed by atoms with van der Waals surface area (Å²) >= 11 is 0. The van der Waals surface area contributed by atoms with Crippen molar-refractivity contribution in [1.82, 2.24) is 0 Å². The topological polar surface area (TPSA) is 26.0 Å². The minimum absolute atomic E-state index is 0.616. The highest BCUT2D eigenvalue weighted by Gasteiger charge is 1.80. The number of rotatable bonds is 3. The molecule has 12 heavy (non-hydrogen) atoms. The van der Waals surface area contributed by atoms with Crippen LogP contribution in [0.4, 0.5) is 0 Å². The number of hydrogen-bond donors (Lipinski definition) is 1. The van der Waals surface area contributed by atoms with E-state index in [2.05, 4.69) is 0 Å². The molecule has 1 heteroatoms. The van der Waals surface area contributed by atoms with E-state index in [-0.39, 0.29) is 0 Å². The maximum atomic E-state index is 5.42. The minimum Gasteiger partial charge on any atom is -0.327 e. The van der Waals surface area contributed by atoms with E-state index in [1.165, 1.54) is 0 Å². The lowest BCUT2D eigenvalue weighted by molar-refractivity contribution is 1.18. The summed E-state index contributed by atoms with van der Waals surface area (Å²) < 4.78 is 0. The van der Waals surface area contributed by atoms with E-state index in [4.69, 9.17) is 5.73 Å². The van der Waals surface area contributed by atoms with Gasteiger partial charge in [-0.25, -0.2) is 0 Å². The Morgan fingerprint density at radius 2 is 1.75 bits per heavy atom. The average Bonchev–Trinajstić information content (AvgIpc) is 2.16. The molecule has 0 atom stereocenters. The maximum Gasteiger partial charge on any atom is 0.0174 e. The van der Waals surface area contributed by atoms with E-state index >= 15 is 0 Å². The second-order valence-corrected chi connectivity index (χ2v) is 1.95. The Balaban J connectivity index is 0. The van der Waals surface area contributed by atoms with Crippen molar-refractivity contribution in [3.05, 3.63) is 36.0 Å². The molecule has 0 amide bonds. The van der Waals surface area contributed by atoms with E-state index < -0.39 is 0 Å². The van der Waals surface area contributed by atoms with Crippen molar-refractivity contribution in [2.75, 3.05) is 6.54 Å². The Labute approximate surface area is 76.7 Å². The fourth-order valence-electron chi connectivity index (χ4n) is 0.572. The first-order chi connectivity index (χ1) is 5.85. The van der Waals surface area contributed by atoms with Gasteiger partial charge < -0.3 is 5.73 Å². The van der Waals surface area contributed by atoms with E-state index in [0.717, 1.165) is 5.57 Å². The molecule has 0 aromatic carbocycles. The summed E-state index contributed by atoms with van der Waals surface area (Å²) in [5.74, 6) is 0. The van der Waals surface area contributed by atoms with Crippen LogP contribution in [0.1, 0.15) is 27.7 Å². The van der Waals surface area contributed by atoms with Gasteiger partial charge in [0.25, 0.3) is 0 Å². The Bertz CT molecular complexity index is 152. The van der Waals surface area contributed by atoms with Crippen LogP contribution in [0.3, 0.4) is 0 Å². The largest absolute Gasteiger partial charge is 0.327 e. The third-order valence-electron chi connectivity index (χ3n) is 1.22. The summed E-state index contributed by atoms with van der Waals surface area (Å²) in [5.41, 5.74) is 6.59. The molecule has 0 spiro atoms. The van der Waals surface area contributed by atoms with Crippen LogP contribution in [0.2, 0.25) is 0 Å². The van der Waals surface area contributed by atoms with Gasteiger partial charge in [-0.3, -0.25) is 0 Å². The lowest BCUT2D eigenvalue weighted by atomic mass is 10.2. The Morgan fingerprint density at radius 1 is 1.17 bits per heavy atom. The summed E-state index contributed by atoms with van der Waals surface area (Å²) in [5, 5.41) is 0. The minimum atomic E-state index is 0.616. The van der Waals surface area contributed by atoms with E-state index in [9.17, 15) is 0 Å². The zero-order valence-electron chi connectivity index (χ0n) is 8.67. The maximum absolute atomic E-state index is 5.42. The highest BCUT2D eigenvalue weighted by Crippen LogP contribution is 1.92. The summed E-state index contributed by atoms with van der Waals surface area (Å²) in [6.45, 7) is 8.59. The molecule has 0 aliphatic carbocycles. The quantitative estimate of drug-likeness (QED) is 0.642. The second kappa shape index (κ2) is 12.8. The molecule has 0 fully saturated rings. The van der Waals surface area contributed by atoms with Gasteiger partial charge >= 0.3 is 0 Å². The average molecular weight is 167 g/mol. The fraction of sp³-hybridized carbons (Fsp3) is 0.455. The Kier molecular flexibility index (Phi) is 14.7. The molecule has 0 heterocycles. The lowest BCUT2D eigenvalue weighted by Gasteiger charge is -1.91. The number of nitrogens with two attached hydrogens (primary N) is 1. The highest BCUT2D eigenvalue weighted by atomic mass is 14.5. The van der Waals surface area contributed by atoms with Crippen molar-refractivity contribution >= 4 is 0 Å². The van der Waals surface area contributed by atoms with Gasteiger partial charge in [0.05, 0.1) is 0 Å². The van der Waals surface area contributed by atoms with Gasteiger partial charge in [-0.1, -0.05) is 44.2 Å². The van der Waals surface area contributed by atoms with Gasteiger partial charge in [0, 0.05) is 6.54 Å². The molecule has 0 radical (unpaired) electrons. The third kappa shape index (κ3) is 9.18.